The number of nitrogens with zero attached hydrogens (tertiary/aromatic N) is 1. The van der Waals surface area contributed by atoms with Gasteiger partial charge in [-0.3, -0.25) is 5.32 Å². The summed E-state index contributed by atoms with van der Waals surface area (Å²) in [6, 6.07) is 11.0. The van der Waals surface area contributed by atoms with Gasteiger partial charge < -0.3 is 9.47 Å². The molecule has 4 heteroatoms. The monoisotopic (exact) mass is 286 g/mol. The van der Waals surface area contributed by atoms with Gasteiger partial charge in [0.15, 0.2) is 0 Å². The van der Waals surface area contributed by atoms with Gasteiger partial charge >= 0.3 is 0 Å². The van der Waals surface area contributed by atoms with Crippen LogP contribution in [0.25, 0.3) is 0 Å². The zero-order valence-electron chi connectivity index (χ0n) is 12.5. The van der Waals surface area contributed by atoms with Gasteiger partial charge in [0.1, 0.15) is 17.4 Å². The maximum Gasteiger partial charge on any atom is 0.120 e. The first-order valence-electron chi connectivity index (χ1n) is 7.66. The molecule has 3 rings (SSSR count). The van der Waals surface area contributed by atoms with Gasteiger partial charge in [-0.15, -0.1) is 0 Å². The van der Waals surface area contributed by atoms with E-state index in [1.807, 2.05) is 24.3 Å². The van der Waals surface area contributed by atoms with Crippen molar-refractivity contribution in [2.75, 3.05) is 7.11 Å². The molecule has 0 spiro atoms. The Labute approximate surface area is 126 Å². The van der Waals surface area contributed by atoms with Gasteiger partial charge in [0.25, 0.3) is 0 Å². The first kappa shape index (κ1) is 14.4. The van der Waals surface area contributed by atoms with E-state index in [1.165, 1.54) is 12.8 Å². The van der Waals surface area contributed by atoms with Crippen LogP contribution in [0.2, 0.25) is 0 Å². The number of hydrogen-bond acceptors (Lipinski definition) is 4. The highest BCUT2D eigenvalue weighted by Gasteiger charge is 2.43. The molecule has 0 saturated heterocycles. The molecule has 112 valence electrons. The number of methoxy groups -OCH3 is 1. The summed E-state index contributed by atoms with van der Waals surface area (Å²) < 4.78 is 11.2. The van der Waals surface area contributed by atoms with E-state index in [0.717, 1.165) is 30.6 Å². The van der Waals surface area contributed by atoms with E-state index in [0.29, 0.717) is 12.6 Å². The van der Waals surface area contributed by atoms with E-state index in [4.69, 9.17) is 9.47 Å². The summed E-state index contributed by atoms with van der Waals surface area (Å²) in [5.41, 5.74) is 0.728. The Balaban J connectivity index is 1.61. The van der Waals surface area contributed by atoms with Gasteiger partial charge in [0, 0.05) is 19.6 Å². The lowest BCUT2D eigenvalue weighted by molar-refractivity contribution is 0.182. The van der Waals surface area contributed by atoms with Crippen molar-refractivity contribution in [1.29, 1.82) is 5.26 Å². The number of nitriles is 1. The second-order valence-electron chi connectivity index (χ2n) is 6.18. The fourth-order valence-electron chi connectivity index (χ4n) is 3.05. The van der Waals surface area contributed by atoms with Crippen LogP contribution in [0.4, 0.5) is 0 Å². The van der Waals surface area contributed by atoms with Crippen LogP contribution in [0.5, 0.6) is 5.75 Å². The Morgan fingerprint density at radius 1 is 1.38 bits per heavy atom. The molecule has 21 heavy (non-hydrogen) atoms. The molecule has 2 fully saturated rings. The van der Waals surface area contributed by atoms with Crippen LogP contribution in [0.1, 0.15) is 37.7 Å². The molecule has 2 saturated carbocycles. The van der Waals surface area contributed by atoms with Gasteiger partial charge in [-0.2, -0.15) is 5.26 Å². The van der Waals surface area contributed by atoms with Crippen LogP contribution in [-0.4, -0.2) is 24.8 Å². The maximum absolute atomic E-state index is 9.51. The maximum atomic E-state index is 9.51. The van der Waals surface area contributed by atoms with E-state index < -0.39 is 0 Å². The molecule has 1 aromatic rings. The van der Waals surface area contributed by atoms with Crippen molar-refractivity contribution >= 4 is 0 Å². The molecule has 2 atom stereocenters. The first-order valence-corrected chi connectivity index (χ1v) is 7.66. The van der Waals surface area contributed by atoms with E-state index in [2.05, 4.69) is 11.4 Å². The van der Waals surface area contributed by atoms with Gasteiger partial charge in [0.2, 0.25) is 0 Å². The van der Waals surface area contributed by atoms with Crippen molar-refractivity contribution in [2.45, 2.75) is 56.4 Å². The fraction of sp³-hybridized carbons (Fsp3) is 0.588. The van der Waals surface area contributed by atoms with E-state index >= 15 is 0 Å². The molecular weight excluding hydrogens is 264 g/mol. The minimum atomic E-state index is -0.379. The van der Waals surface area contributed by atoms with Crippen molar-refractivity contribution in [3.8, 4) is 11.8 Å². The SMILES string of the molecule is COCc1cccc(OC2CCC(C#N)(NC3CC3)C2)c1. The van der Waals surface area contributed by atoms with E-state index in [9.17, 15) is 5.26 Å². The summed E-state index contributed by atoms with van der Waals surface area (Å²) in [4.78, 5) is 0. The van der Waals surface area contributed by atoms with Gasteiger partial charge in [0.05, 0.1) is 12.7 Å². The number of rotatable bonds is 6. The molecule has 1 N–H and O–H groups in total. The predicted molar refractivity (Wildman–Crippen MR) is 79.9 cm³/mol. The quantitative estimate of drug-likeness (QED) is 0.873. The Morgan fingerprint density at radius 2 is 2.24 bits per heavy atom. The van der Waals surface area contributed by atoms with Crippen molar-refractivity contribution in [3.63, 3.8) is 0 Å². The zero-order valence-corrected chi connectivity index (χ0v) is 12.5. The number of ether oxygens (including phenoxy) is 2. The Morgan fingerprint density at radius 3 is 2.95 bits per heavy atom. The Hall–Kier alpha value is -1.57. The highest BCUT2D eigenvalue weighted by atomic mass is 16.5. The number of nitrogens with one attached hydrogen (secondary N) is 1. The summed E-state index contributed by atoms with van der Waals surface area (Å²) in [5, 5.41) is 13.0. The first-order chi connectivity index (χ1) is 10.2. The van der Waals surface area contributed by atoms with Crippen LogP contribution >= 0.6 is 0 Å². The van der Waals surface area contributed by atoms with Crippen LogP contribution in [-0.2, 0) is 11.3 Å². The molecule has 2 aliphatic carbocycles. The van der Waals surface area contributed by atoms with Crippen molar-refractivity contribution in [1.82, 2.24) is 5.32 Å². The molecular formula is C17H22N2O2. The molecule has 0 bridgehead atoms. The zero-order chi connectivity index (χ0) is 14.7. The second kappa shape index (κ2) is 6.05. The highest BCUT2D eigenvalue weighted by molar-refractivity contribution is 5.29. The highest BCUT2D eigenvalue weighted by Crippen LogP contribution is 2.35. The van der Waals surface area contributed by atoms with Crippen LogP contribution < -0.4 is 10.1 Å². The van der Waals surface area contributed by atoms with E-state index in [1.54, 1.807) is 7.11 Å². The van der Waals surface area contributed by atoms with Crippen LogP contribution in [0.15, 0.2) is 24.3 Å². The van der Waals surface area contributed by atoms with Gasteiger partial charge in [-0.1, -0.05) is 12.1 Å². The van der Waals surface area contributed by atoms with Gasteiger partial charge in [-0.05, 0) is 43.4 Å². The van der Waals surface area contributed by atoms with E-state index in [-0.39, 0.29) is 11.6 Å². The summed E-state index contributed by atoms with van der Waals surface area (Å²) in [7, 11) is 1.69. The normalized spacial score (nSPS) is 28.3. The summed E-state index contributed by atoms with van der Waals surface area (Å²) >= 11 is 0. The topological polar surface area (TPSA) is 54.3 Å². The fourth-order valence-corrected chi connectivity index (χ4v) is 3.05. The molecule has 4 nitrogen and oxygen atoms in total. The Kier molecular flexibility index (Phi) is 4.14. The minimum Gasteiger partial charge on any atom is -0.490 e. The smallest absolute Gasteiger partial charge is 0.120 e. The third-order valence-electron chi connectivity index (χ3n) is 4.25. The average molecular weight is 286 g/mol. The van der Waals surface area contributed by atoms with Crippen molar-refractivity contribution in [2.24, 2.45) is 0 Å². The van der Waals surface area contributed by atoms with Crippen molar-refractivity contribution < 1.29 is 9.47 Å². The molecule has 2 aliphatic rings. The third kappa shape index (κ3) is 3.55. The summed E-state index contributed by atoms with van der Waals surface area (Å²) in [5.74, 6) is 0.870. The lowest BCUT2D eigenvalue weighted by atomic mass is 9.99. The Bertz CT molecular complexity index is 536. The summed E-state index contributed by atoms with van der Waals surface area (Å²) in [6.45, 7) is 0.591. The third-order valence-corrected chi connectivity index (χ3v) is 4.25. The molecule has 0 amide bonds. The lowest BCUT2D eigenvalue weighted by Crippen LogP contribution is -2.43. The second-order valence-corrected chi connectivity index (χ2v) is 6.18. The van der Waals surface area contributed by atoms with Crippen molar-refractivity contribution in [3.05, 3.63) is 29.8 Å². The minimum absolute atomic E-state index is 0.119. The van der Waals surface area contributed by atoms with Crippen LogP contribution in [0.3, 0.4) is 0 Å². The lowest BCUT2D eigenvalue weighted by Gasteiger charge is -2.22. The van der Waals surface area contributed by atoms with Gasteiger partial charge in [-0.25, -0.2) is 0 Å². The number of hydrogen-bond donors (Lipinski definition) is 1. The molecule has 0 aromatic heterocycles. The summed E-state index contributed by atoms with van der Waals surface area (Å²) in [6.07, 6.45) is 5.11. The molecule has 0 aliphatic heterocycles. The molecule has 0 radical (unpaired) electrons. The standard InChI is InChI=1S/C17H22N2O2/c1-20-11-13-3-2-4-15(9-13)21-16-7-8-17(10-16,12-18)19-14-5-6-14/h2-4,9,14,16,19H,5-8,10-11H2,1H3. The largest absolute Gasteiger partial charge is 0.490 e. The molecule has 2 unspecified atom stereocenters. The molecule has 1 aromatic carbocycles. The average Bonchev–Trinajstić information content (AvgIpc) is 3.20. The van der Waals surface area contributed by atoms with Crippen LogP contribution in [0, 0.1) is 11.3 Å². The predicted octanol–water partition coefficient (Wildman–Crippen LogP) is 2.78. The molecule has 0 heterocycles. The number of benzene rings is 1.